The molecule has 3 rings (SSSR count). The molecule has 0 N–H and O–H groups in total. The predicted octanol–water partition coefficient (Wildman–Crippen LogP) is 3.84. The van der Waals surface area contributed by atoms with Crippen LogP contribution in [0.3, 0.4) is 0 Å². The van der Waals surface area contributed by atoms with Crippen LogP contribution in [0.1, 0.15) is 39.8 Å². The van der Waals surface area contributed by atoms with Crippen molar-refractivity contribution >= 4 is 5.97 Å². The molecule has 0 atom stereocenters. The Morgan fingerprint density at radius 2 is 2.00 bits per heavy atom. The Labute approximate surface area is 149 Å². The van der Waals surface area contributed by atoms with E-state index >= 15 is 0 Å². The smallest absolute Gasteiger partial charge is 0.434 e. The molecule has 1 aliphatic rings. The number of carbonyl (C=O) groups is 1. The number of halogens is 3. The van der Waals surface area contributed by atoms with Gasteiger partial charge in [-0.3, -0.25) is 4.90 Å². The first-order chi connectivity index (χ1) is 12.4. The Balaban J connectivity index is 1.90. The van der Waals surface area contributed by atoms with Gasteiger partial charge in [0.2, 0.25) is 0 Å². The predicted molar refractivity (Wildman–Crippen MR) is 89.5 cm³/mol. The van der Waals surface area contributed by atoms with Crippen LogP contribution in [-0.2, 0) is 30.4 Å². The number of carbonyl (C=O) groups excluding carboxylic acids is 1. The van der Waals surface area contributed by atoms with E-state index in [-0.39, 0.29) is 6.61 Å². The van der Waals surface area contributed by atoms with Crippen LogP contribution in [0.4, 0.5) is 13.2 Å². The summed E-state index contributed by atoms with van der Waals surface area (Å²) in [6.45, 7) is 3.31. The maximum atomic E-state index is 13.3. The van der Waals surface area contributed by atoms with Crippen molar-refractivity contribution < 1.29 is 22.7 Å². The maximum absolute atomic E-state index is 13.3. The third-order valence-electron chi connectivity index (χ3n) is 4.26. The van der Waals surface area contributed by atoms with Gasteiger partial charge in [-0.1, -0.05) is 30.3 Å². The van der Waals surface area contributed by atoms with Crippen LogP contribution >= 0.6 is 0 Å². The second-order valence-corrected chi connectivity index (χ2v) is 6.15. The summed E-state index contributed by atoms with van der Waals surface area (Å²) in [6, 6.07) is 11.1. The molecule has 0 aliphatic carbocycles. The van der Waals surface area contributed by atoms with Gasteiger partial charge in [0.1, 0.15) is 0 Å². The Hall–Kier alpha value is -2.41. The van der Waals surface area contributed by atoms with Crippen LogP contribution in [0.15, 0.2) is 36.4 Å². The Bertz CT molecular complexity index is 791. The molecule has 0 saturated carbocycles. The summed E-state index contributed by atoms with van der Waals surface area (Å²) in [7, 11) is 0. The van der Waals surface area contributed by atoms with Crippen LogP contribution in [0, 0.1) is 0 Å². The van der Waals surface area contributed by atoms with Crippen LogP contribution in [-0.4, -0.2) is 29.0 Å². The summed E-state index contributed by atoms with van der Waals surface area (Å²) in [5, 5.41) is 0. The number of esters is 1. The van der Waals surface area contributed by atoms with E-state index in [0.717, 1.165) is 5.56 Å². The number of fused-ring (bicyclic) bond motifs is 1. The molecule has 0 amide bonds. The SMILES string of the molecule is CCOC(=O)c1cc2c(nc1C(F)(F)F)CCN(Cc1ccccc1)C2. The van der Waals surface area contributed by atoms with Crippen LogP contribution < -0.4 is 0 Å². The average Bonchev–Trinajstić information content (AvgIpc) is 2.61. The number of hydrogen-bond donors (Lipinski definition) is 0. The fourth-order valence-electron chi connectivity index (χ4n) is 3.09. The largest absolute Gasteiger partial charge is 0.462 e. The number of ether oxygens (including phenoxy) is 1. The molecule has 4 nitrogen and oxygen atoms in total. The van der Waals surface area contributed by atoms with Gasteiger partial charge < -0.3 is 4.74 Å². The van der Waals surface area contributed by atoms with Crippen molar-refractivity contribution in [1.29, 1.82) is 0 Å². The normalized spacial score (nSPS) is 14.8. The molecule has 0 spiro atoms. The van der Waals surface area contributed by atoms with Crippen molar-refractivity contribution in [2.24, 2.45) is 0 Å². The molecule has 1 aromatic carbocycles. The van der Waals surface area contributed by atoms with Gasteiger partial charge in [-0.05, 0) is 24.1 Å². The monoisotopic (exact) mass is 364 g/mol. The topological polar surface area (TPSA) is 42.4 Å². The quantitative estimate of drug-likeness (QED) is 0.774. The van der Waals surface area contributed by atoms with Gasteiger partial charge >= 0.3 is 12.1 Å². The molecule has 1 aliphatic heterocycles. The molecular formula is C19H19F3N2O2. The molecule has 0 fully saturated rings. The second-order valence-electron chi connectivity index (χ2n) is 6.15. The number of alkyl halides is 3. The van der Waals surface area contributed by atoms with Crippen molar-refractivity contribution in [3.05, 3.63) is 64.5 Å². The first-order valence-corrected chi connectivity index (χ1v) is 8.42. The molecule has 2 aromatic rings. The van der Waals surface area contributed by atoms with Gasteiger partial charge in [0.15, 0.2) is 5.69 Å². The Morgan fingerprint density at radius 3 is 2.65 bits per heavy atom. The summed E-state index contributed by atoms with van der Waals surface area (Å²) in [4.78, 5) is 17.9. The van der Waals surface area contributed by atoms with E-state index < -0.39 is 23.4 Å². The highest BCUT2D eigenvalue weighted by Crippen LogP contribution is 2.33. The van der Waals surface area contributed by atoms with Crippen molar-refractivity contribution in [3.8, 4) is 0 Å². The zero-order chi connectivity index (χ0) is 18.7. The first kappa shape index (κ1) is 18.4. The second kappa shape index (κ2) is 7.45. The molecule has 0 unspecified atom stereocenters. The molecule has 7 heteroatoms. The van der Waals surface area contributed by atoms with Crippen molar-refractivity contribution in [2.75, 3.05) is 13.2 Å². The van der Waals surface area contributed by atoms with Gasteiger partial charge in [0.25, 0.3) is 0 Å². The lowest BCUT2D eigenvalue weighted by atomic mass is 10.0. The minimum absolute atomic E-state index is 0.00729. The van der Waals surface area contributed by atoms with Crippen molar-refractivity contribution in [2.45, 2.75) is 32.6 Å². The molecule has 1 aromatic heterocycles. The van der Waals surface area contributed by atoms with E-state index in [1.807, 2.05) is 30.3 Å². The highest BCUT2D eigenvalue weighted by atomic mass is 19.4. The van der Waals surface area contributed by atoms with Crippen LogP contribution in [0.2, 0.25) is 0 Å². The van der Waals surface area contributed by atoms with Crippen LogP contribution in [0.25, 0.3) is 0 Å². The third-order valence-corrected chi connectivity index (χ3v) is 4.26. The zero-order valence-electron chi connectivity index (χ0n) is 14.3. The lowest BCUT2D eigenvalue weighted by Crippen LogP contribution is -2.32. The molecule has 138 valence electrons. The summed E-state index contributed by atoms with van der Waals surface area (Å²) < 4.78 is 44.7. The summed E-state index contributed by atoms with van der Waals surface area (Å²) in [6.07, 6.45) is -4.29. The number of aromatic nitrogens is 1. The standard InChI is InChI=1S/C19H19F3N2O2/c1-2-26-18(25)15-10-14-12-24(11-13-6-4-3-5-7-13)9-8-16(14)23-17(15)19(20,21)22/h3-7,10H,2,8-9,11-12H2,1H3. The fraction of sp³-hybridized carbons (Fsp3) is 0.368. The third kappa shape index (κ3) is 4.04. The Kier molecular flexibility index (Phi) is 5.27. The number of pyridine rings is 1. The van der Waals surface area contributed by atoms with E-state index in [2.05, 4.69) is 9.88 Å². The van der Waals surface area contributed by atoms with Crippen molar-refractivity contribution in [3.63, 3.8) is 0 Å². The number of hydrogen-bond acceptors (Lipinski definition) is 4. The molecular weight excluding hydrogens is 345 g/mol. The number of benzene rings is 1. The highest BCUT2D eigenvalue weighted by Gasteiger charge is 2.39. The van der Waals surface area contributed by atoms with Gasteiger partial charge in [-0.25, -0.2) is 9.78 Å². The first-order valence-electron chi connectivity index (χ1n) is 8.42. The highest BCUT2D eigenvalue weighted by molar-refractivity contribution is 5.91. The lowest BCUT2D eigenvalue weighted by molar-refractivity contribution is -0.141. The van der Waals surface area contributed by atoms with E-state index in [1.54, 1.807) is 6.92 Å². The number of rotatable bonds is 4. The molecule has 26 heavy (non-hydrogen) atoms. The van der Waals surface area contributed by atoms with E-state index in [4.69, 9.17) is 4.74 Å². The van der Waals surface area contributed by atoms with E-state index in [0.29, 0.717) is 37.3 Å². The lowest BCUT2D eigenvalue weighted by Gasteiger charge is -2.29. The molecule has 2 heterocycles. The van der Waals surface area contributed by atoms with Crippen molar-refractivity contribution in [1.82, 2.24) is 9.88 Å². The van der Waals surface area contributed by atoms with Gasteiger partial charge in [-0.2, -0.15) is 13.2 Å². The van der Waals surface area contributed by atoms with E-state index in [9.17, 15) is 18.0 Å². The fourth-order valence-corrected chi connectivity index (χ4v) is 3.09. The average molecular weight is 364 g/mol. The van der Waals surface area contributed by atoms with Gasteiger partial charge in [0, 0.05) is 31.7 Å². The minimum atomic E-state index is -4.70. The molecule has 0 bridgehead atoms. The molecule has 0 radical (unpaired) electrons. The summed E-state index contributed by atoms with van der Waals surface area (Å²) in [5.74, 6) is -0.990. The summed E-state index contributed by atoms with van der Waals surface area (Å²) >= 11 is 0. The summed E-state index contributed by atoms with van der Waals surface area (Å²) in [5.41, 5.74) is 0.491. The zero-order valence-corrected chi connectivity index (χ0v) is 14.3. The molecule has 0 saturated heterocycles. The van der Waals surface area contributed by atoms with E-state index in [1.165, 1.54) is 6.07 Å². The maximum Gasteiger partial charge on any atom is 0.434 e. The Morgan fingerprint density at radius 1 is 1.27 bits per heavy atom. The minimum Gasteiger partial charge on any atom is -0.462 e. The van der Waals surface area contributed by atoms with Gasteiger partial charge in [0.05, 0.1) is 12.2 Å². The van der Waals surface area contributed by atoms with Crippen LogP contribution in [0.5, 0.6) is 0 Å². The number of nitrogens with zero attached hydrogens (tertiary/aromatic N) is 2. The van der Waals surface area contributed by atoms with Gasteiger partial charge in [-0.15, -0.1) is 0 Å².